The van der Waals surface area contributed by atoms with Crippen LogP contribution in [0.5, 0.6) is 0 Å². The molecule has 0 aliphatic heterocycles. The molecule has 1 unspecified atom stereocenters. The number of benzene rings is 1. The molecule has 98 valence electrons. The highest BCUT2D eigenvalue weighted by Crippen LogP contribution is 2.39. The van der Waals surface area contributed by atoms with Crippen molar-refractivity contribution in [2.75, 3.05) is 13.2 Å². The number of Topliss-reactive ketones (excluding diaryl/α,β-unsaturated/α-hetero) is 1. The summed E-state index contributed by atoms with van der Waals surface area (Å²) in [4.78, 5) is 12.2. The Hall–Kier alpha value is -0.900. The molecule has 2 N–H and O–H groups in total. The third kappa shape index (κ3) is 2.44. The van der Waals surface area contributed by atoms with Gasteiger partial charge in [0, 0.05) is 10.9 Å². The molecule has 0 heterocycles. The quantitative estimate of drug-likeness (QED) is 0.876. The Bertz CT molecular complexity index is 423. The highest BCUT2D eigenvalue weighted by molar-refractivity contribution is 6.30. The third-order valence-electron chi connectivity index (χ3n) is 3.87. The summed E-state index contributed by atoms with van der Waals surface area (Å²) in [5.41, 5.74) is 0.140. The van der Waals surface area contributed by atoms with E-state index in [-0.39, 0.29) is 24.9 Å². The highest BCUT2D eigenvalue weighted by atomic mass is 35.5. The smallest absolute Gasteiger partial charge is 0.147 e. The Morgan fingerprint density at radius 2 is 1.83 bits per heavy atom. The van der Waals surface area contributed by atoms with E-state index in [1.165, 1.54) is 0 Å². The molecule has 0 radical (unpaired) electrons. The Morgan fingerprint density at radius 3 is 2.33 bits per heavy atom. The van der Waals surface area contributed by atoms with E-state index in [0.717, 1.165) is 12.0 Å². The summed E-state index contributed by atoms with van der Waals surface area (Å²) in [7, 11) is 0. The molecule has 1 saturated carbocycles. The minimum Gasteiger partial charge on any atom is -0.395 e. The summed E-state index contributed by atoms with van der Waals surface area (Å²) in [6.45, 7) is -0.529. The van der Waals surface area contributed by atoms with Gasteiger partial charge in [0.2, 0.25) is 0 Å². The van der Waals surface area contributed by atoms with Gasteiger partial charge in [-0.1, -0.05) is 23.7 Å². The second-order valence-corrected chi connectivity index (χ2v) is 5.46. The minimum absolute atomic E-state index is 0.0116. The molecule has 0 amide bonds. The SMILES string of the molecule is O=C1C(Cc2ccc(Cl)cc2)CCC1(CO)CO. The fraction of sp³-hybridized carbons (Fsp3) is 0.500. The van der Waals surface area contributed by atoms with E-state index in [1.807, 2.05) is 24.3 Å². The van der Waals surface area contributed by atoms with Gasteiger partial charge in [-0.15, -0.1) is 0 Å². The normalized spacial score (nSPS) is 22.4. The lowest BCUT2D eigenvalue weighted by atomic mass is 9.84. The lowest BCUT2D eigenvalue weighted by Gasteiger charge is -2.22. The van der Waals surface area contributed by atoms with E-state index in [0.29, 0.717) is 17.9 Å². The molecule has 1 aromatic rings. The van der Waals surface area contributed by atoms with Crippen molar-refractivity contribution in [1.82, 2.24) is 0 Å². The summed E-state index contributed by atoms with van der Waals surface area (Å²) in [5, 5.41) is 19.3. The maximum Gasteiger partial charge on any atom is 0.147 e. The summed E-state index contributed by atoms with van der Waals surface area (Å²) in [5.74, 6) is -0.118. The predicted molar refractivity (Wildman–Crippen MR) is 69.5 cm³/mol. The van der Waals surface area contributed by atoms with Crippen LogP contribution in [-0.2, 0) is 11.2 Å². The van der Waals surface area contributed by atoms with Gasteiger partial charge in [0.1, 0.15) is 5.78 Å². The van der Waals surface area contributed by atoms with Crippen LogP contribution >= 0.6 is 11.6 Å². The van der Waals surface area contributed by atoms with Crippen LogP contribution in [0.1, 0.15) is 18.4 Å². The Kier molecular flexibility index (Phi) is 4.05. The second-order valence-electron chi connectivity index (χ2n) is 5.03. The average Bonchev–Trinajstić information content (AvgIpc) is 2.70. The summed E-state index contributed by atoms with van der Waals surface area (Å²) < 4.78 is 0. The van der Waals surface area contributed by atoms with Gasteiger partial charge in [-0.2, -0.15) is 0 Å². The van der Waals surface area contributed by atoms with Crippen molar-refractivity contribution in [2.24, 2.45) is 11.3 Å². The van der Waals surface area contributed by atoms with E-state index in [9.17, 15) is 15.0 Å². The standard InChI is InChI=1S/C14H17ClO3/c15-12-3-1-10(2-4-12)7-11-5-6-14(8-16,9-17)13(11)18/h1-4,11,16-17H,5-9H2. The Balaban J connectivity index is 2.08. The van der Waals surface area contributed by atoms with Crippen LogP contribution in [0.15, 0.2) is 24.3 Å². The van der Waals surface area contributed by atoms with Crippen molar-refractivity contribution >= 4 is 17.4 Å². The highest BCUT2D eigenvalue weighted by Gasteiger charge is 2.46. The van der Waals surface area contributed by atoms with Crippen molar-refractivity contribution in [3.05, 3.63) is 34.9 Å². The number of carbonyl (C=O) groups is 1. The first-order valence-corrected chi connectivity index (χ1v) is 6.49. The fourth-order valence-electron chi connectivity index (χ4n) is 2.60. The molecular weight excluding hydrogens is 252 g/mol. The largest absolute Gasteiger partial charge is 0.395 e. The molecular formula is C14H17ClO3. The Morgan fingerprint density at radius 1 is 1.22 bits per heavy atom. The van der Waals surface area contributed by atoms with E-state index in [4.69, 9.17) is 11.6 Å². The molecule has 1 aliphatic rings. The van der Waals surface area contributed by atoms with Crippen molar-refractivity contribution < 1.29 is 15.0 Å². The lowest BCUT2D eigenvalue weighted by molar-refractivity contribution is -0.133. The summed E-state index contributed by atoms with van der Waals surface area (Å²) >= 11 is 5.81. The molecule has 1 fully saturated rings. The first-order chi connectivity index (χ1) is 8.61. The van der Waals surface area contributed by atoms with Gasteiger partial charge < -0.3 is 10.2 Å². The number of halogens is 1. The maximum absolute atomic E-state index is 12.2. The van der Waals surface area contributed by atoms with Crippen LogP contribution in [0.25, 0.3) is 0 Å². The van der Waals surface area contributed by atoms with Crippen LogP contribution < -0.4 is 0 Å². The molecule has 0 spiro atoms. The summed E-state index contributed by atoms with van der Waals surface area (Å²) in [6, 6.07) is 7.43. The monoisotopic (exact) mass is 268 g/mol. The van der Waals surface area contributed by atoms with Gasteiger partial charge in [0.15, 0.2) is 0 Å². The second kappa shape index (κ2) is 5.39. The predicted octanol–water partition coefficient (Wildman–Crippen LogP) is 1.83. The third-order valence-corrected chi connectivity index (χ3v) is 4.12. The molecule has 3 nitrogen and oxygen atoms in total. The molecule has 2 rings (SSSR count). The topological polar surface area (TPSA) is 57.5 Å². The number of hydrogen-bond donors (Lipinski definition) is 2. The van der Waals surface area contributed by atoms with E-state index < -0.39 is 5.41 Å². The van der Waals surface area contributed by atoms with Crippen LogP contribution in [-0.4, -0.2) is 29.2 Å². The lowest BCUT2D eigenvalue weighted by Crippen LogP contribution is -2.36. The number of aliphatic hydroxyl groups excluding tert-OH is 2. The molecule has 1 aliphatic carbocycles. The van der Waals surface area contributed by atoms with Crippen LogP contribution in [0.4, 0.5) is 0 Å². The van der Waals surface area contributed by atoms with Gasteiger partial charge in [-0.3, -0.25) is 4.79 Å². The number of aliphatic hydroxyl groups is 2. The molecule has 18 heavy (non-hydrogen) atoms. The zero-order chi connectivity index (χ0) is 13.2. The number of rotatable bonds is 4. The van der Waals surface area contributed by atoms with Crippen LogP contribution in [0, 0.1) is 11.3 Å². The number of ketones is 1. The first kappa shape index (κ1) is 13.5. The van der Waals surface area contributed by atoms with Gasteiger partial charge in [0.25, 0.3) is 0 Å². The van der Waals surface area contributed by atoms with Crippen LogP contribution in [0.3, 0.4) is 0 Å². The van der Waals surface area contributed by atoms with Crippen molar-refractivity contribution in [1.29, 1.82) is 0 Å². The van der Waals surface area contributed by atoms with Gasteiger partial charge >= 0.3 is 0 Å². The van der Waals surface area contributed by atoms with E-state index in [2.05, 4.69) is 0 Å². The van der Waals surface area contributed by atoms with Crippen molar-refractivity contribution in [2.45, 2.75) is 19.3 Å². The molecule has 1 aromatic carbocycles. The minimum atomic E-state index is -0.920. The van der Waals surface area contributed by atoms with Crippen LogP contribution in [0.2, 0.25) is 5.02 Å². The van der Waals surface area contributed by atoms with Gasteiger partial charge in [0.05, 0.1) is 18.6 Å². The molecule has 0 bridgehead atoms. The zero-order valence-electron chi connectivity index (χ0n) is 10.1. The fourth-order valence-corrected chi connectivity index (χ4v) is 2.73. The molecule has 4 heteroatoms. The first-order valence-electron chi connectivity index (χ1n) is 6.12. The van der Waals surface area contributed by atoms with Crippen molar-refractivity contribution in [3.8, 4) is 0 Å². The Labute approximate surface area is 111 Å². The maximum atomic E-state index is 12.2. The van der Waals surface area contributed by atoms with Crippen molar-refractivity contribution in [3.63, 3.8) is 0 Å². The van der Waals surface area contributed by atoms with E-state index >= 15 is 0 Å². The molecule has 1 atom stereocenters. The molecule has 0 saturated heterocycles. The molecule has 0 aromatic heterocycles. The summed E-state index contributed by atoms with van der Waals surface area (Å²) in [6.07, 6.45) is 1.94. The number of carbonyl (C=O) groups excluding carboxylic acids is 1. The van der Waals surface area contributed by atoms with E-state index in [1.54, 1.807) is 0 Å². The average molecular weight is 269 g/mol. The number of hydrogen-bond acceptors (Lipinski definition) is 3. The van der Waals surface area contributed by atoms with Gasteiger partial charge in [-0.05, 0) is 37.0 Å². The van der Waals surface area contributed by atoms with Gasteiger partial charge in [-0.25, -0.2) is 0 Å². The zero-order valence-corrected chi connectivity index (χ0v) is 10.9.